The van der Waals surface area contributed by atoms with E-state index in [4.69, 9.17) is 0 Å². The van der Waals surface area contributed by atoms with Crippen molar-refractivity contribution in [2.45, 2.75) is 32.7 Å². The number of carbonyl (C=O) groups excluding carboxylic acids is 1. The van der Waals surface area contributed by atoms with Crippen molar-refractivity contribution in [3.8, 4) is 0 Å². The van der Waals surface area contributed by atoms with Crippen LogP contribution >= 0.6 is 13.5 Å². The van der Waals surface area contributed by atoms with Crippen molar-refractivity contribution in [1.29, 1.82) is 0 Å². The lowest BCUT2D eigenvalue weighted by molar-refractivity contribution is -0.122. The standard InChI is InChI=1S/C7H13NO.H2S/c1-5-4-7(2,3)8-6(5)9;/h5H,4H2,1-3H3,(H,8,9);1H2/t5-;/m0./s1. The quantitative estimate of drug-likeness (QED) is 0.565. The Kier molecular flexibility index (Phi) is 2.77. The van der Waals surface area contributed by atoms with Gasteiger partial charge >= 0.3 is 0 Å². The summed E-state index contributed by atoms with van der Waals surface area (Å²) in [6, 6.07) is 0. The molecule has 1 amide bonds. The molecule has 60 valence electrons. The lowest BCUT2D eigenvalue weighted by atomic mass is 9.98. The van der Waals surface area contributed by atoms with Gasteiger partial charge in [-0.3, -0.25) is 4.79 Å². The SMILES string of the molecule is C[C@H]1CC(C)(C)NC1=O.S. The first-order chi connectivity index (χ1) is 4.01. The van der Waals surface area contributed by atoms with Gasteiger partial charge in [-0.1, -0.05) is 6.92 Å². The van der Waals surface area contributed by atoms with Gasteiger partial charge in [0.2, 0.25) is 5.91 Å². The molecule has 0 aliphatic carbocycles. The Morgan fingerprint density at radius 1 is 1.60 bits per heavy atom. The Labute approximate surface area is 68.8 Å². The topological polar surface area (TPSA) is 29.1 Å². The minimum Gasteiger partial charge on any atom is -0.351 e. The van der Waals surface area contributed by atoms with E-state index in [9.17, 15) is 4.79 Å². The molecular formula is C7H15NOS. The summed E-state index contributed by atoms with van der Waals surface area (Å²) in [7, 11) is 0. The highest BCUT2D eigenvalue weighted by atomic mass is 32.1. The zero-order valence-electron chi connectivity index (χ0n) is 6.69. The third kappa shape index (κ3) is 1.90. The predicted molar refractivity (Wildman–Crippen MR) is 46.4 cm³/mol. The van der Waals surface area contributed by atoms with E-state index in [-0.39, 0.29) is 30.9 Å². The molecule has 10 heavy (non-hydrogen) atoms. The second kappa shape index (κ2) is 2.82. The van der Waals surface area contributed by atoms with Crippen LogP contribution in [0.3, 0.4) is 0 Å². The van der Waals surface area contributed by atoms with E-state index in [1.54, 1.807) is 0 Å². The fourth-order valence-corrected chi connectivity index (χ4v) is 1.37. The first-order valence-electron chi connectivity index (χ1n) is 3.33. The van der Waals surface area contributed by atoms with E-state index < -0.39 is 0 Å². The number of hydrogen-bond acceptors (Lipinski definition) is 1. The van der Waals surface area contributed by atoms with Gasteiger partial charge in [-0.15, -0.1) is 0 Å². The van der Waals surface area contributed by atoms with Gasteiger partial charge in [0.25, 0.3) is 0 Å². The molecule has 0 spiro atoms. The van der Waals surface area contributed by atoms with Crippen LogP contribution in [0, 0.1) is 5.92 Å². The Bertz CT molecular complexity index is 145. The summed E-state index contributed by atoms with van der Waals surface area (Å²) in [6.45, 7) is 6.06. The minimum absolute atomic E-state index is 0. The molecule has 0 radical (unpaired) electrons. The molecule has 0 aromatic carbocycles. The molecule has 0 bridgehead atoms. The normalized spacial score (nSPS) is 29.1. The molecule has 0 aromatic rings. The highest BCUT2D eigenvalue weighted by Gasteiger charge is 2.33. The molecule has 1 heterocycles. The summed E-state index contributed by atoms with van der Waals surface area (Å²) in [5, 5.41) is 2.90. The molecule has 1 N–H and O–H groups in total. The summed E-state index contributed by atoms with van der Waals surface area (Å²) in [5.74, 6) is 0.403. The van der Waals surface area contributed by atoms with Crippen molar-refractivity contribution < 1.29 is 4.79 Å². The van der Waals surface area contributed by atoms with E-state index in [0.29, 0.717) is 0 Å². The van der Waals surface area contributed by atoms with Gasteiger partial charge in [0.05, 0.1) is 0 Å². The van der Waals surface area contributed by atoms with Crippen LogP contribution < -0.4 is 5.32 Å². The Hall–Kier alpha value is -0.180. The number of amides is 1. The monoisotopic (exact) mass is 161 g/mol. The van der Waals surface area contributed by atoms with Crippen LogP contribution in [0.4, 0.5) is 0 Å². The van der Waals surface area contributed by atoms with E-state index >= 15 is 0 Å². The fraction of sp³-hybridized carbons (Fsp3) is 0.857. The molecule has 0 saturated carbocycles. The van der Waals surface area contributed by atoms with Gasteiger partial charge in [-0.2, -0.15) is 13.5 Å². The van der Waals surface area contributed by atoms with Crippen molar-refractivity contribution in [3.63, 3.8) is 0 Å². The predicted octanol–water partition coefficient (Wildman–Crippen LogP) is 1.03. The van der Waals surface area contributed by atoms with Gasteiger partial charge in [-0.25, -0.2) is 0 Å². The number of carbonyl (C=O) groups is 1. The van der Waals surface area contributed by atoms with Crippen LogP contribution in [0.5, 0.6) is 0 Å². The maximum atomic E-state index is 10.9. The molecule has 1 aliphatic heterocycles. The van der Waals surface area contributed by atoms with Crippen molar-refractivity contribution in [2.24, 2.45) is 5.92 Å². The van der Waals surface area contributed by atoms with Crippen LogP contribution in [-0.4, -0.2) is 11.4 Å². The molecule has 2 nitrogen and oxygen atoms in total. The Morgan fingerprint density at radius 2 is 2.10 bits per heavy atom. The summed E-state index contributed by atoms with van der Waals surface area (Å²) in [6.07, 6.45) is 0.964. The second-order valence-corrected chi connectivity index (χ2v) is 3.48. The number of hydrogen-bond donors (Lipinski definition) is 1. The van der Waals surface area contributed by atoms with Crippen LogP contribution in [0.25, 0.3) is 0 Å². The van der Waals surface area contributed by atoms with Crippen LogP contribution in [-0.2, 0) is 4.79 Å². The van der Waals surface area contributed by atoms with Crippen molar-refractivity contribution in [2.75, 3.05) is 0 Å². The summed E-state index contributed by atoms with van der Waals surface area (Å²) in [5.41, 5.74) is 0.0382. The fourth-order valence-electron chi connectivity index (χ4n) is 1.37. The largest absolute Gasteiger partial charge is 0.351 e. The average molecular weight is 161 g/mol. The van der Waals surface area contributed by atoms with Gasteiger partial charge in [0.1, 0.15) is 0 Å². The maximum Gasteiger partial charge on any atom is 0.223 e. The van der Waals surface area contributed by atoms with Crippen molar-refractivity contribution >= 4 is 19.4 Å². The van der Waals surface area contributed by atoms with E-state index in [1.807, 2.05) is 6.92 Å². The highest BCUT2D eigenvalue weighted by molar-refractivity contribution is 7.59. The Balaban J connectivity index is 0.000000810. The lowest BCUT2D eigenvalue weighted by Crippen LogP contribution is -2.34. The minimum atomic E-state index is 0. The zero-order chi connectivity index (χ0) is 7.07. The van der Waals surface area contributed by atoms with Gasteiger partial charge < -0.3 is 5.32 Å². The third-order valence-electron chi connectivity index (χ3n) is 1.73. The average Bonchev–Trinajstić information content (AvgIpc) is 1.79. The van der Waals surface area contributed by atoms with Gasteiger partial charge in [0.15, 0.2) is 0 Å². The zero-order valence-corrected chi connectivity index (χ0v) is 7.69. The van der Waals surface area contributed by atoms with E-state index in [2.05, 4.69) is 19.2 Å². The summed E-state index contributed by atoms with van der Waals surface area (Å²) in [4.78, 5) is 10.9. The van der Waals surface area contributed by atoms with Crippen molar-refractivity contribution in [3.05, 3.63) is 0 Å². The molecule has 0 aromatic heterocycles. The summed E-state index contributed by atoms with van der Waals surface area (Å²) < 4.78 is 0. The number of rotatable bonds is 0. The molecule has 0 unspecified atom stereocenters. The van der Waals surface area contributed by atoms with E-state index in [1.165, 1.54) is 0 Å². The lowest BCUT2D eigenvalue weighted by Gasteiger charge is -2.15. The van der Waals surface area contributed by atoms with Crippen molar-refractivity contribution in [1.82, 2.24) is 5.32 Å². The first-order valence-corrected chi connectivity index (χ1v) is 3.33. The highest BCUT2D eigenvalue weighted by Crippen LogP contribution is 2.23. The molecular weight excluding hydrogens is 146 g/mol. The van der Waals surface area contributed by atoms with Gasteiger partial charge in [0, 0.05) is 11.5 Å². The maximum absolute atomic E-state index is 10.9. The first kappa shape index (κ1) is 9.82. The Morgan fingerprint density at radius 3 is 2.20 bits per heavy atom. The number of nitrogens with one attached hydrogen (secondary N) is 1. The molecule has 1 aliphatic rings. The third-order valence-corrected chi connectivity index (χ3v) is 1.73. The van der Waals surface area contributed by atoms with E-state index in [0.717, 1.165) is 6.42 Å². The van der Waals surface area contributed by atoms with Crippen LogP contribution in [0.1, 0.15) is 27.2 Å². The van der Waals surface area contributed by atoms with Crippen LogP contribution in [0.15, 0.2) is 0 Å². The van der Waals surface area contributed by atoms with Gasteiger partial charge in [-0.05, 0) is 20.3 Å². The summed E-state index contributed by atoms with van der Waals surface area (Å²) >= 11 is 0. The molecule has 1 saturated heterocycles. The van der Waals surface area contributed by atoms with Crippen LogP contribution in [0.2, 0.25) is 0 Å². The molecule has 1 rings (SSSR count). The molecule has 3 heteroatoms. The molecule has 1 atom stereocenters. The second-order valence-electron chi connectivity index (χ2n) is 3.48. The molecule has 1 fully saturated rings. The smallest absolute Gasteiger partial charge is 0.223 e.